The zero-order chi connectivity index (χ0) is 14.6. The minimum absolute atomic E-state index is 0.0623. The van der Waals surface area contributed by atoms with Crippen LogP contribution < -0.4 is 5.32 Å². The molecule has 0 saturated carbocycles. The summed E-state index contributed by atoms with van der Waals surface area (Å²) in [5, 5.41) is 22.3. The monoisotopic (exact) mass is 306 g/mol. The number of nitrogens with one attached hydrogen (secondary N) is 1. The smallest absolute Gasteiger partial charge is 0.390 e. The fourth-order valence-corrected chi connectivity index (χ4v) is 2.56. The average molecular weight is 306 g/mol. The van der Waals surface area contributed by atoms with E-state index in [2.05, 4.69) is 15.6 Å². The summed E-state index contributed by atoms with van der Waals surface area (Å²) in [4.78, 5) is 0. The first-order chi connectivity index (χ1) is 9.47. The van der Waals surface area contributed by atoms with Gasteiger partial charge in [-0.3, -0.25) is 0 Å². The summed E-state index contributed by atoms with van der Waals surface area (Å²) >= 11 is 1.01. The Kier molecular flexibility index (Phi) is 4.73. The van der Waals surface area contributed by atoms with E-state index in [9.17, 15) is 18.3 Å². The summed E-state index contributed by atoms with van der Waals surface area (Å²) in [6.07, 6.45) is -1.99. The summed E-state index contributed by atoms with van der Waals surface area (Å²) in [6.45, 7) is 0.475. The molecule has 0 fully saturated rings. The molecular formula is C11H13F3N4OS. The maximum absolute atomic E-state index is 12.6. The van der Waals surface area contributed by atoms with Gasteiger partial charge in [-0.2, -0.15) is 24.5 Å². The van der Waals surface area contributed by atoms with Gasteiger partial charge in [0, 0.05) is 24.7 Å². The van der Waals surface area contributed by atoms with E-state index in [-0.39, 0.29) is 25.2 Å². The van der Waals surface area contributed by atoms with E-state index in [1.807, 2.05) is 0 Å². The van der Waals surface area contributed by atoms with Crippen LogP contribution in [0.3, 0.4) is 0 Å². The van der Waals surface area contributed by atoms with Crippen molar-refractivity contribution in [2.45, 2.75) is 25.4 Å². The van der Waals surface area contributed by atoms with Gasteiger partial charge in [-0.1, -0.05) is 5.21 Å². The van der Waals surface area contributed by atoms with Gasteiger partial charge in [0.05, 0.1) is 24.4 Å². The summed E-state index contributed by atoms with van der Waals surface area (Å²) in [6, 6.07) is 0. The van der Waals surface area contributed by atoms with Crippen molar-refractivity contribution < 1.29 is 18.3 Å². The van der Waals surface area contributed by atoms with Gasteiger partial charge in [0.25, 0.3) is 0 Å². The molecule has 0 spiro atoms. The highest BCUT2D eigenvalue weighted by molar-refractivity contribution is 7.08. The minimum Gasteiger partial charge on any atom is -0.390 e. The molecule has 20 heavy (non-hydrogen) atoms. The topological polar surface area (TPSA) is 63.0 Å². The minimum atomic E-state index is -4.34. The van der Waals surface area contributed by atoms with Crippen molar-refractivity contribution in [1.29, 1.82) is 0 Å². The lowest BCUT2D eigenvalue weighted by Crippen LogP contribution is -2.30. The number of aliphatic hydroxyl groups excluding tert-OH is 1. The fraction of sp³-hybridized carbons (Fsp3) is 0.455. The van der Waals surface area contributed by atoms with Crippen molar-refractivity contribution in [3.05, 3.63) is 34.3 Å². The maximum atomic E-state index is 12.6. The molecule has 2 rings (SSSR count). The van der Waals surface area contributed by atoms with Gasteiger partial charge in [-0.15, -0.1) is 5.10 Å². The largest absolute Gasteiger partial charge is 0.417 e. The molecule has 110 valence electrons. The number of aliphatic hydroxyl groups is 1. The second-order valence-electron chi connectivity index (χ2n) is 4.22. The average Bonchev–Trinajstić information content (AvgIpc) is 2.98. The predicted octanol–water partition coefficient (Wildman–Crippen LogP) is 1.51. The molecule has 0 radical (unpaired) electrons. The van der Waals surface area contributed by atoms with Crippen LogP contribution in [0.2, 0.25) is 0 Å². The van der Waals surface area contributed by atoms with E-state index in [1.165, 1.54) is 16.3 Å². The van der Waals surface area contributed by atoms with Crippen molar-refractivity contribution >= 4 is 11.3 Å². The van der Waals surface area contributed by atoms with E-state index < -0.39 is 17.8 Å². The summed E-state index contributed by atoms with van der Waals surface area (Å²) < 4.78 is 39.3. The van der Waals surface area contributed by atoms with E-state index in [4.69, 9.17) is 0 Å². The van der Waals surface area contributed by atoms with E-state index in [0.717, 1.165) is 16.7 Å². The molecule has 9 heteroatoms. The fourth-order valence-electron chi connectivity index (χ4n) is 1.69. The number of halogens is 3. The molecule has 1 unspecified atom stereocenters. The highest BCUT2D eigenvalue weighted by Gasteiger charge is 2.33. The molecule has 0 amide bonds. The van der Waals surface area contributed by atoms with Gasteiger partial charge in [0.2, 0.25) is 0 Å². The first-order valence-electron chi connectivity index (χ1n) is 5.82. The van der Waals surface area contributed by atoms with Crippen LogP contribution in [0.1, 0.15) is 11.1 Å². The molecule has 2 N–H and O–H groups in total. The highest BCUT2D eigenvalue weighted by Crippen LogP contribution is 2.34. The molecule has 2 aromatic heterocycles. The number of alkyl halides is 3. The van der Waals surface area contributed by atoms with Crippen molar-refractivity contribution in [2.75, 3.05) is 6.54 Å². The third-order valence-electron chi connectivity index (χ3n) is 2.61. The van der Waals surface area contributed by atoms with Crippen LogP contribution in [0.4, 0.5) is 13.2 Å². The van der Waals surface area contributed by atoms with Gasteiger partial charge in [-0.05, 0) is 10.9 Å². The molecule has 5 nitrogen and oxygen atoms in total. The standard InChI is InChI=1S/C11H13F3N4OS/c12-11(13,14)10-7-20-6-8(10)3-15-4-9(19)5-18-2-1-16-17-18/h1-2,6-7,9,15,19H,3-5H2. The number of thiophene rings is 1. The summed E-state index contributed by atoms with van der Waals surface area (Å²) in [5.74, 6) is 0. The number of aromatic nitrogens is 3. The Morgan fingerprint density at radius 2 is 2.20 bits per heavy atom. The van der Waals surface area contributed by atoms with Crippen molar-refractivity contribution in [3.63, 3.8) is 0 Å². The van der Waals surface area contributed by atoms with Crippen LogP contribution in [0.15, 0.2) is 23.2 Å². The quantitative estimate of drug-likeness (QED) is 0.849. The van der Waals surface area contributed by atoms with Crippen molar-refractivity contribution in [3.8, 4) is 0 Å². The lowest BCUT2D eigenvalue weighted by Gasteiger charge is -2.12. The number of nitrogens with zero attached hydrogens (tertiary/aromatic N) is 3. The van der Waals surface area contributed by atoms with Crippen molar-refractivity contribution in [2.24, 2.45) is 0 Å². The maximum Gasteiger partial charge on any atom is 0.417 e. The third kappa shape index (κ3) is 4.02. The molecule has 1 atom stereocenters. The number of hydrogen-bond acceptors (Lipinski definition) is 5. The molecule has 0 aliphatic rings. The Bertz CT molecular complexity index is 526. The van der Waals surface area contributed by atoms with E-state index in [1.54, 1.807) is 6.20 Å². The van der Waals surface area contributed by atoms with Crippen molar-refractivity contribution in [1.82, 2.24) is 20.3 Å². The van der Waals surface area contributed by atoms with Crippen LogP contribution in [-0.4, -0.2) is 32.7 Å². The van der Waals surface area contributed by atoms with Crippen LogP contribution in [-0.2, 0) is 19.3 Å². The zero-order valence-corrected chi connectivity index (χ0v) is 11.2. The normalized spacial score (nSPS) is 13.6. The van der Waals surface area contributed by atoms with Gasteiger partial charge in [0.1, 0.15) is 0 Å². The van der Waals surface area contributed by atoms with Gasteiger partial charge >= 0.3 is 6.18 Å². The van der Waals surface area contributed by atoms with Crippen LogP contribution in [0.25, 0.3) is 0 Å². The van der Waals surface area contributed by atoms with Crippen LogP contribution >= 0.6 is 11.3 Å². The lowest BCUT2D eigenvalue weighted by molar-refractivity contribution is -0.137. The Balaban J connectivity index is 1.80. The molecule has 0 aliphatic heterocycles. The second-order valence-corrected chi connectivity index (χ2v) is 4.96. The molecule has 0 bridgehead atoms. The third-order valence-corrected chi connectivity index (χ3v) is 3.41. The summed E-state index contributed by atoms with van der Waals surface area (Å²) in [5.41, 5.74) is -0.434. The van der Waals surface area contributed by atoms with Crippen LogP contribution in [0, 0.1) is 0 Å². The number of rotatable bonds is 6. The van der Waals surface area contributed by atoms with E-state index in [0.29, 0.717) is 0 Å². The Morgan fingerprint density at radius 1 is 1.40 bits per heavy atom. The lowest BCUT2D eigenvalue weighted by atomic mass is 10.2. The first kappa shape index (κ1) is 14.9. The predicted molar refractivity (Wildman–Crippen MR) is 67.1 cm³/mol. The van der Waals surface area contributed by atoms with Gasteiger partial charge in [-0.25, -0.2) is 4.68 Å². The van der Waals surface area contributed by atoms with Gasteiger partial charge in [0.15, 0.2) is 0 Å². The molecule has 2 aromatic rings. The molecule has 2 heterocycles. The first-order valence-corrected chi connectivity index (χ1v) is 6.76. The molecule has 0 aromatic carbocycles. The number of hydrogen-bond donors (Lipinski definition) is 2. The highest BCUT2D eigenvalue weighted by atomic mass is 32.1. The Morgan fingerprint density at radius 3 is 2.85 bits per heavy atom. The summed E-state index contributed by atoms with van der Waals surface area (Å²) in [7, 11) is 0. The Labute approximate surface area is 117 Å². The molecule has 0 aliphatic carbocycles. The molecular weight excluding hydrogens is 293 g/mol. The van der Waals surface area contributed by atoms with Crippen LogP contribution in [0.5, 0.6) is 0 Å². The SMILES string of the molecule is OC(CNCc1cscc1C(F)(F)F)Cn1ccnn1. The Hall–Kier alpha value is -1.45. The van der Waals surface area contributed by atoms with E-state index >= 15 is 0 Å². The second kappa shape index (κ2) is 6.33. The van der Waals surface area contributed by atoms with Gasteiger partial charge < -0.3 is 10.4 Å². The zero-order valence-electron chi connectivity index (χ0n) is 10.3. The molecule has 0 saturated heterocycles.